The minimum absolute atomic E-state index is 0.0127. The third-order valence-electron chi connectivity index (χ3n) is 5.67. The second-order valence-electron chi connectivity index (χ2n) is 8.11. The van der Waals surface area contributed by atoms with E-state index in [1.165, 1.54) is 23.7 Å². The van der Waals surface area contributed by atoms with Crippen molar-refractivity contribution >= 4 is 28.7 Å². The van der Waals surface area contributed by atoms with Crippen molar-refractivity contribution in [3.8, 4) is 5.69 Å². The SMILES string of the molecule is O=C(CSc1ncnc2c1cnn2-c1ccccc1)NCC1CN(Cc2ccccc2)CCO1. The first-order chi connectivity index (χ1) is 16.8. The zero-order chi connectivity index (χ0) is 23.2. The second kappa shape index (κ2) is 10.8. The van der Waals surface area contributed by atoms with E-state index in [4.69, 9.17) is 4.74 Å². The average molecular weight is 475 g/mol. The highest BCUT2D eigenvalue weighted by atomic mass is 32.2. The lowest BCUT2D eigenvalue weighted by molar-refractivity contribution is -0.119. The number of nitrogens with zero attached hydrogens (tertiary/aromatic N) is 5. The van der Waals surface area contributed by atoms with Gasteiger partial charge in [-0.25, -0.2) is 14.6 Å². The molecule has 0 aliphatic carbocycles. The van der Waals surface area contributed by atoms with E-state index >= 15 is 0 Å². The Morgan fingerprint density at radius 3 is 2.71 bits per heavy atom. The average Bonchev–Trinajstić information content (AvgIpc) is 3.32. The van der Waals surface area contributed by atoms with Crippen LogP contribution in [-0.4, -0.2) is 68.7 Å². The summed E-state index contributed by atoms with van der Waals surface area (Å²) in [5.41, 5.74) is 2.94. The van der Waals surface area contributed by atoms with Gasteiger partial charge in [0.15, 0.2) is 5.65 Å². The number of nitrogens with one attached hydrogen (secondary N) is 1. The molecule has 0 radical (unpaired) electrons. The number of carbonyl (C=O) groups is 1. The molecule has 0 saturated carbocycles. The van der Waals surface area contributed by atoms with E-state index in [-0.39, 0.29) is 17.8 Å². The van der Waals surface area contributed by atoms with Gasteiger partial charge in [0.25, 0.3) is 0 Å². The van der Waals surface area contributed by atoms with Crippen molar-refractivity contribution in [1.82, 2.24) is 30.0 Å². The van der Waals surface area contributed by atoms with Crippen molar-refractivity contribution in [3.05, 3.63) is 78.8 Å². The lowest BCUT2D eigenvalue weighted by atomic mass is 10.2. The molecule has 1 aliphatic heterocycles. The van der Waals surface area contributed by atoms with Gasteiger partial charge >= 0.3 is 0 Å². The third kappa shape index (κ3) is 5.44. The molecule has 1 amide bonds. The third-order valence-corrected chi connectivity index (χ3v) is 6.67. The Hall–Kier alpha value is -3.27. The minimum Gasteiger partial charge on any atom is -0.374 e. The Labute approximate surface area is 202 Å². The fourth-order valence-electron chi connectivity index (χ4n) is 4.00. The summed E-state index contributed by atoms with van der Waals surface area (Å²) >= 11 is 1.39. The molecule has 4 aromatic rings. The molecule has 0 spiro atoms. The standard InChI is InChI=1S/C25H26N6O2S/c32-23(26-13-21-16-30(11-12-33-21)15-19-7-3-1-4-8-19)17-34-25-22-14-29-31(24(22)27-18-28-25)20-9-5-2-6-10-20/h1-10,14,18,21H,11-13,15-17H2,(H,26,32). The van der Waals surface area contributed by atoms with Crippen LogP contribution in [0.15, 0.2) is 78.2 Å². The fourth-order valence-corrected chi connectivity index (χ4v) is 4.79. The summed E-state index contributed by atoms with van der Waals surface area (Å²) in [6.07, 6.45) is 3.25. The van der Waals surface area contributed by atoms with Gasteiger partial charge in [-0.1, -0.05) is 60.3 Å². The van der Waals surface area contributed by atoms with E-state index in [0.717, 1.165) is 41.4 Å². The molecule has 34 heavy (non-hydrogen) atoms. The van der Waals surface area contributed by atoms with E-state index in [1.54, 1.807) is 10.9 Å². The van der Waals surface area contributed by atoms with Crippen LogP contribution in [-0.2, 0) is 16.1 Å². The largest absolute Gasteiger partial charge is 0.374 e. The molecule has 9 heteroatoms. The minimum atomic E-state index is -0.0454. The van der Waals surface area contributed by atoms with Crippen LogP contribution >= 0.6 is 11.8 Å². The van der Waals surface area contributed by atoms with Crippen molar-refractivity contribution in [2.24, 2.45) is 0 Å². The zero-order valence-electron chi connectivity index (χ0n) is 18.7. The second-order valence-corrected chi connectivity index (χ2v) is 9.08. The summed E-state index contributed by atoms with van der Waals surface area (Å²) in [5.74, 6) is 0.222. The van der Waals surface area contributed by atoms with Gasteiger partial charge in [0.2, 0.25) is 5.91 Å². The van der Waals surface area contributed by atoms with Gasteiger partial charge in [-0.05, 0) is 17.7 Å². The molecule has 174 valence electrons. The molecule has 1 aliphatic rings. The number of para-hydroxylation sites is 1. The molecule has 5 rings (SSSR count). The summed E-state index contributed by atoms with van der Waals surface area (Å²) in [6.45, 7) is 3.76. The monoisotopic (exact) mass is 474 g/mol. The van der Waals surface area contributed by atoms with Crippen molar-refractivity contribution in [3.63, 3.8) is 0 Å². The summed E-state index contributed by atoms with van der Waals surface area (Å²) in [5, 5.41) is 9.05. The van der Waals surface area contributed by atoms with Crippen LogP contribution < -0.4 is 5.32 Å². The molecular formula is C25H26N6O2S. The molecule has 1 unspecified atom stereocenters. The first kappa shape index (κ1) is 22.5. The topological polar surface area (TPSA) is 85.2 Å². The number of hydrogen-bond acceptors (Lipinski definition) is 7. The van der Waals surface area contributed by atoms with Gasteiger partial charge in [-0.15, -0.1) is 0 Å². The number of aromatic nitrogens is 4. The van der Waals surface area contributed by atoms with Gasteiger partial charge < -0.3 is 10.1 Å². The lowest BCUT2D eigenvalue weighted by Gasteiger charge is -2.33. The highest BCUT2D eigenvalue weighted by Gasteiger charge is 2.21. The quantitative estimate of drug-likeness (QED) is 0.310. The summed E-state index contributed by atoms with van der Waals surface area (Å²) < 4.78 is 7.65. The molecule has 1 N–H and O–H groups in total. The van der Waals surface area contributed by atoms with E-state index in [0.29, 0.717) is 13.2 Å². The van der Waals surface area contributed by atoms with Gasteiger partial charge in [0.1, 0.15) is 11.4 Å². The number of benzene rings is 2. The summed E-state index contributed by atoms with van der Waals surface area (Å²) in [7, 11) is 0. The molecule has 1 atom stereocenters. The van der Waals surface area contributed by atoms with Crippen LogP contribution in [0.3, 0.4) is 0 Å². The van der Waals surface area contributed by atoms with E-state index < -0.39 is 0 Å². The van der Waals surface area contributed by atoms with Crippen LogP contribution in [0.25, 0.3) is 16.7 Å². The molecular weight excluding hydrogens is 448 g/mol. The summed E-state index contributed by atoms with van der Waals surface area (Å²) in [4.78, 5) is 23.7. The maximum atomic E-state index is 12.5. The summed E-state index contributed by atoms with van der Waals surface area (Å²) in [6, 6.07) is 20.2. The molecule has 1 fully saturated rings. The number of amides is 1. The molecule has 8 nitrogen and oxygen atoms in total. The highest BCUT2D eigenvalue weighted by molar-refractivity contribution is 8.00. The van der Waals surface area contributed by atoms with Gasteiger partial charge in [0.05, 0.1) is 35.7 Å². The van der Waals surface area contributed by atoms with Crippen LogP contribution in [0.5, 0.6) is 0 Å². The molecule has 0 bridgehead atoms. The molecule has 3 heterocycles. The number of thioether (sulfide) groups is 1. The van der Waals surface area contributed by atoms with Gasteiger partial charge in [-0.3, -0.25) is 9.69 Å². The Kier molecular flexibility index (Phi) is 7.13. The number of carbonyl (C=O) groups excluding carboxylic acids is 1. The molecule has 2 aromatic carbocycles. The normalized spacial score (nSPS) is 16.5. The highest BCUT2D eigenvalue weighted by Crippen LogP contribution is 2.25. The number of morpholine rings is 1. The Morgan fingerprint density at radius 2 is 1.88 bits per heavy atom. The Morgan fingerprint density at radius 1 is 1.09 bits per heavy atom. The first-order valence-electron chi connectivity index (χ1n) is 11.3. The van der Waals surface area contributed by atoms with E-state index in [2.05, 4.69) is 49.5 Å². The van der Waals surface area contributed by atoms with Crippen molar-refractivity contribution in [2.75, 3.05) is 32.0 Å². The van der Waals surface area contributed by atoms with Crippen LogP contribution in [0, 0.1) is 0 Å². The number of fused-ring (bicyclic) bond motifs is 1. The fraction of sp³-hybridized carbons (Fsp3) is 0.280. The maximum absolute atomic E-state index is 12.5. The maximum Gasteiger partial charge on any atom is 0.230 e. The number of ether oxygens (including phenoxy) is 1. The Balaban J connectivity index is 1.13. The van der Waals surface area contributed by atoms with E-state index in [9.17, 15) is 4.79 Å². The smallest absolute Gasteiger partial charge is 0.230 e. The molecule has 2 aromatic heterocycles. The number of hydrogen-bond donors (Lipinski definition) is 1. The van der Waals surface area contributed by atoms with Gasteiger partial charge in [-0.2, -0.15) is 5.10 Å². The van der Waals surface area contributed by atoms with Crippen molar-refractivity contribution in [2.45, 2.75) is 17.7 Å². The van der Waals surface area contributed by atoms with E-state index in [1.807, 2.05) is 36.4 Å². The molecule has 1 saturated heterocycles. The number of rotatable bonds is 8. The predicted octanol–water partition coefficient (Wildman–Crippen LogP) is 2.92. The van der Waals surface area contributed by atoms with Crippen molar-refractivity contribution < 1.29 is 9.53 Å². The van der Waals surface area contributed by atoms with Crippen molar-refractivity contribution in [1.29, 1.82) is 0 Å². The first-order valence-corrected chi connectivity index (χ1v) is 12.3. The van der Waals surface area contributed by atoms with Gasteiger partial charge in [0, 0.05) is 26.2 Å². The van der Waals surface area contributed by atoms with Crippen LogP contribution in [0.4, 0.5) is 0 Å². The lowest BCUT2D eigenvalue weighted by Crippen LogP contribution is -2.47. The van der Waals surface area contributed by atoms with Crippen LogP contribution in [0.2, 0.25) is 0 Å². The Bertz CT molecular complexity index is 1230. The predicted molar refractivity (Wildman–Crippen MR) is 132 cm³/mol. The zero-order valence-corrected chi connectivity index (χ0v) is 19.5. The van der Waals surface area contributed by atoms with Crippen LogP contribution in [0.1, 0.15) is 5.56 Å².